The van der Waals surface area contributed by atoms with Crippen LogP contribution in [0.4, 0.5) is 11.4 Å². The molecule has 0 aliphatic heterocycles. The summed E-state index contributed by atoms with van der Waals surface area (Å²) in [6, 6.07) is 6.79. The van der Waals surface area contributed by atoms with Gasteiger partial charge in [0.2, 0.25) is 5.96 Å². The summed E-state index contributed by atoms with van der Waals surface area (Å²) in [5, 5.41) is 14.6. The summed E-state index contributed by atoms with van der Waals surface area (Å²) in [5.41, 5.74) is 16.8. The van der Waals surface area contributed by atoms with E-state index < -0.39 is 4.92 Å². The minimum Gasteiger partial charge on any atom is -0.370 e. The van der Waals surface area contributed by atoms with Gasteiger partial charge >= 0.3 is 5.69 Å². The number of guanidine groups is 2. The van der Waals surface area contributed by atoms with Gasteiger partial charge in [0.05, 0.1) is 16.3 Å². The molecular weight excluding hydrogens is 276 g/mol. The van der Waals surface area contributed by atoms with Crippen molar-refractivity contribution < 1.29 is 4.92 Å². The molecule has 2 rings (SSSR count). The molecule has 21 heavy (non-hydrogen) atoms. The SMILES string of the molecule is NC(N)=NC(N)=Nc1ccccc1-n1cc([N+](=O)[O-])cn1. The summed E-state index contributed by atoms with van der Waals surface area (Å²) >= 11 is 0. The van der Waals surface area contributed by atoms with Crippen LogP contribution in [-0.4, -0.2) is 26.6 Å². The van der Waals surface area contributed by atoms with Gasteiger partial charge in [-0.15, -0.1) is 0 Å². The first-order chi connectivity index (χ1) is 9.97. The van der Waals surface area contributed by atoms with Gasteiger partial charge in [-0.3, -0.25) is 10.1 Å². The van der Waals surface area contributed by atoms with Crippen molar-refractivity contribution in [2.24, 2.45) is 27.2 Å². The Bertz CT molecular complexity index is 729. The lowest BCUT2D eigenvalue weighted by molar-refractivity contribution is -0.384. The Hall–Kier alpha value is -3.43. The molecule has 0 unspecified atom stereocenters. The molecule has 0 aliphatic carbocycles. The molecule has 6 N–H and O–H groups in total. The molecule has 0 fully saturated rings. The van der Waals surface area contributed by atoms with E-state index in [1.165, 1.54) is 10.9 Å². The number of hydrogen-bond acceptors (Lipinski definition) is 4. The smallest absolute Gasteiger partial charge is 0.307 e. The summed E-state index contributed by atoms with van der Waals surface area (Å²) in [5.74, 6) is -0.354. The molecular formula is C11H12N8O2. The van der Waals surface area contributed by atoms with Crippen LogP contribution in [0.25, 0.3) is 5.69 Å². The van der Waals surface area contributed by atoms with Gasteiger partial charge in [0.1, 0.15) is 12.4 Å². The molecule has 0 saturated heterocycles. The molecule has 10 heteroatoms. The summed E-state index contributed by atoms with van der Waals surface area (Å²) < 4.78 is 1.32. The predicted octanol–water partition coefficient (Wildman–Crippen LogP) is 0.000100. The Morgan fingerprint density at radius 3 is 2.62 bits per heavy atom. The van der Waals surface area contributed by atoms with Crippen molar-refractivity contribution in [2.45, 2.75) is 0 Å². The second-order valence-corrected chi connectivity index (χ2v) is 3.90. The third-order valence-corrected chi connectivity index (χ3v) is 2.39. The number of rotatable bonds is 3. The Morgan fingerprint density at radius 2 is 2.00 bits per heavy atom. The van der Waals surface area contributed by atoms with E-state index in [0.29, 0.717) is 11.4 Å². The maximum Gasteiger partial charge on any atom is 0.307 e. The molecule has 0 aliphatic rings. The number of nitro groups is 1. The number of nitrogens with two attached hydrogens (primary N) is 3. The van der Waals surface area contributed by atoms with Crippen molar-refractivity contribution in [2.75, 3.05) is 0 Å². The highest BCUT2D eigenvalue weighted by atomic mass is 16.6. The highest BCUT2D eigenvalue weighted by molar-refractivity contribution is 5.94. The Labute approximate surface area is 118 Å². The number of aliphatic imine (C=N–C) groups is 2. The van der Waals surface area contributed by atoms with Crippen LogP contribution in [0.5, 0.6) is 0 Å². The number of aromatic nitrogens is 2. The van der Waals surface area contributed by atoms with E-state index in [0.717, 1.165) is 6.20 Å². The molecule has 1 heterocycles. The normalized spacial score (nSPS) is 11.1. The van der Waals surface area contributed by atoms with Crippen LogP contribution < -0.4 is 17.2 Å². The lowest BCUT2D eigenvalue weighted by atomic mass is 10.3. The van der Waals surface area contributed by atoms with E-state index in [1.807, 2.05) is 0 Å². The number of nitrogens with zero attached hydrogens (tertiary/aromatic N) is 5. The lowest BCUT2D eigenvalue weighted by Crippen LogP contribution is -2.26. The van der Waals surface area contributed by atoms with Crippen LogP contribution in [0.1, 0.15) is 0 Å². The molecule has 2 aromatic rings. The second-order valence-electron chi connectivity index (χ2n) is 3.90. The van der Waals surface area contributed by atoms with Crippen LogP contribution in [0.3, 0.4) is 0 Å². The molecule has 1 aromatic carbocycles. The van der Waals surface area contributed by atoms with Crippen LogP contribution >= 0.6 is 0 Å². The Kier molecular flexibility index (Phi) is 3.79. The largest absolute Gasteiger partial charge is 0.370 e. The van der Waals surface area contributed by atoms with Gasteiger partial charge in [-0.25, -0.2) is 9.67 Å². The maximum atomic E-state index is 10.7. The first-order valence-corrected chi connectivity index (χ1v) is 5.69. The first-order valence-electron chi connectivity index (χ1n) is 5.69. The number of hydrogen-bond donors (Lipinski definition) is 3. The summed E-state index contributed by atoms with van der Waals surface area (Å²) in [6.07, 6.45) is 2.41. The predicted molar refractivity (Wildman–Crippen MR) is 77.3 cm³/mol. The van der Waals surface area contributed by atoms with E-state index in [-0.39, 0.29) is 17.6 Å². The average Bonchev–Trinajstić information content (AvgIpc) is 2.88. The van der Waals surface area contributed by atoms with E-state index in [2.05, 4.69) is 15.1 Å². The second kappa shape index (κ2) is 5.69. The molecule has 0 bridgehead atoms. The van der Waals surface area contributed by atoms with Crippen molar-refractivity contribution >= 4 is 23.3 Å². The molecule has 10 nitrogen and oxygen atoms in total. The molecule has 0 spiro atoms. The van der Waals surface area contributed by atoms with Crippen molar-refractivity contribution in [1.29, 1.82) is 0 Å². The van der Waals surface area contributed by atoms with Crippen molar-refractivity contribution in [3.05, 3.63) is 46.8 Å². The lowest BCUT2D eigenvalue weighted by Gasteiger charge is -2.05. The standard InChI is InChI=1S/C11H12N8O2/c12-10(13)17-11(14)16-8-3-1-2-4-9(8)18-6-7(5-15-18)19(20)21/h1-6H,(H6,12,13,14,16,17). The zero-order valence-corrected chi connectivity index (χ0v) is 10.7. The van der Waals surface area contributed by atoms with Gasteiger partial charge in [-0.2, -0.15) is 10.1 Å². The first kappa shape index (κ1) is 14.0. The maximum absolute atomic E-state index is 10.7. The van der Waals surface area contributed by atoms with E-state index in [4.69, 9.17) is 17.2 Å². The summed E-state index contributed by atoms with van der Waals surface area (Å²) in [7, 11) is 0. The Balaban J connectivity index is 2.45. The summed E-state index contributed by atoms with van der Waals surface area (Å²) in [6.45, 7) is 0. The van der Waals surface area contributed by atoms with Gasteiger partial charge in [0.25, 0.3) is 0 Å². The molecule has 0 radical (unpaired) electrons. The van der Waals surface area contributed by atoms with Gasteiger partial charge in [0, 0.05) is 0 Å². The zero-order valence-electron chi connectivity index (χ0n) is 10.7. The summed E-state index contributed by atoms with van der Waals surface area (Å²) in [4.78, 5) is 17.8. The monoisotopic (exact) mass is 288 g/mol. The Morgan fingerprint density at radius 1 is 1.29 bits per heavy atom. The fourth-order valence-corrected chi connectivity index (χ4v) is 1.57. The van der Waals surface area contributed by atoms with Gasteiger partial charge < -0.3 is 17.2 Å². The van der Waals surface area contributed by atoms with E-state index >= 15 is 0 Å². The van der Waals surface area contributed by atoms with Crippen LogP contribution in [-0.2, 0) is 0 Å². The van der Waals surface area contributed by atoms with Gasteiger partial charge in [0.15, 0.2) is 5.96 Å². The minimum atomic E-state index is -0.539. The minimum absolute atomic E-state index is 0.133. The van der Waals surface area contributed by atoms with Gasteiger partial charge in [-0.05, 0) is 12.1 Å². The van der Waals surface area contributed by atoms with Crippen molar-refractivity contribution in [3.63, 3.8) is 0 Å². The highest BCUT2D eigenvalue weighted by Gasteiger charge is 2.12. The molecule has 0 atom stereocenters. The number of para-hydroxylation sites is 2. The van der Waals surface area contributed by atoms with Crippen LogP contribution in [0.2, 0.25) is 0 Å². The fraction of sp³-hybridized carbons (Fsp3) is 0. The van der Waals surface area contributed by atoms with Crippen molar-refractivity contribution in [3.8, 4) is 5.69 Å². The quantitative estimate of drug-likeness (QED) is 0.311. The van der Waals surface area contributed by atoms with Crippen LogP contribution in [0, 0.1) is 10.1 Å². The highest BCUT2D eigenvalue weighted by Crippen LogP contribution is 2.24. The van der Waals surface area contributed by atoms with Crippen LogP contribution in [0.15, 0.2) is 46.6 Å². The number of benzene rings is 1. The third-order valence-electron chi connectivity index (χ3n) is 2.39. The molecule has 0 saturated carbocycles. The zero-order chi connectivity index (χ0) is 15.4. The average molecular weight is 288 g/mol. The van der Waals surface area contributed by atoms with E-state index in [9.17, 15) is 10.1 Å². The van der Waals surface area contributed by atoms with Crippen molar-refractivity contribution in [1.82, 2.24) is 9.78 Å². The topological polar surface area (TPSA) is 164 Å². The molecule has 108 valence electrons. The van der Waals surface area contributed by atoms with E-state index in [1.54, 1.807) is 24.3 Å². The third kappa shape index (κ3) is 3.32. The molecule has 1 aromatic heterocycles. The fourth-order valence-electron chi connectivity index (χ4n) is 1.57. The molecule has 0 amide bonds. The van der Waals surface area contributed by atoms with Gasteiger partial charge in [-0.1, -0.05) is 12.1 Å².